The number of carbonyl (C=O) groups excluding carboxylic acids is 1. The van der Waals surface area contributed by atoms with Crippen LogP contribution in [-0.4, -0.2) is 15.6 Å². The fourth-order valence-corrected chi connectivity index (χ4v) is 3.39. The van der Waals surface area contributed by atoms with Crippen molar-refractivity contribution in [3.8, 4) is 0 Å². The number of aryl methyl sites for hydroxylation is 1. The summed E-state index contributed by atoms with van der Waals surface area (Å²) in [4.78, 5) is 13.1. The molecule has 0 amide bonds. The molecule has 0 fully saturated rings. The van der Waals surface area contributed by atoms with Crippen LogP contribution in [0.25, 0.3) is 0 Å². The van der Waals surface area contributed by atoms with E-state index in [-0.39, 0.29) is 11.2 Å². The first kappa shape index (κ1) is 15.3. The molecule has 1 heterocycles. The highest BCUT2D eigenvalue weighted by molar-refractivity contribution is 7.80. The number of nitrogens with zero attached hydrogens (tertiary/aromatic N) is 2. The molecule has 1 aromatic heterocycles. The summed E-state index contributed by atoms with van der Waals surface area (Å²) < 4.78 is 1.89. The van der Waals surface area contributed by atoms with Gasteiger partial charge >= 0.3 is 0 Å². The van der Waals surface area contributed by atoms with Gasteiger partial charge in [-0.15, -0.1) is 12.6 Å². The number of Topliss-reactive ketones (excluding diaryl/α,β-unsaturated/α-hetero) is 1. The van der Waals surface area contributed by atoms with Gasteiger partial charge < -0.3 is 0 Å². The Bertz CT molecular complexity index is 713. The summed E-state index contributed by atoms with van der Waals surface area (Å²) in [6.07, 6.45) is 3.03. The summed E-state index contributed by atoms with van der Waals surface area (Å²) in [6, 6.07) is 8.02. The Balaban J connectivity index is 2.00. The number of carbonyl (C=O) groups is 1. The highest BCUT2D eigenvalue weighted by atomic mass is 32.1. The van der Waals surface area contributed by atoms with Gasteiger partial charge in [0.2, 0.25) is 0 Å². The van der Waals surface area contributed by atoms with E-state index in [9.17, 15) is 4.79 Å². The zero-order valence-electron chi connectivity index (χ0n) is 13.4. The molecule has 0 aliphatic heterocycles. The van der Waals surface area contributed by atoms with Gasteiger partial charge in [-0.25, -0.2) is 0 Å². The third kappa shape index (κ3) is 2.98. The Morgan fingerprint density at radius 2 is 2.00 bits per heavy atom. The second-order valence-electron chi connectivity index (χ2n) is 7.00. The minimum Gasteiger partial charge on any atom is -0.293 e. The van der Waals surface area contributed by atoms with Gasteiger partial charge in [-0.3, -0.25) is 9.48 Å². The number of hydrogen-bond donors (Lipinski definition) is 1. The molecule has 2 aromatic rings. The zero-order chi connectivity index (χ0) is 15.9. The third-order valence-electron chi connectivity index (χ3n) is 4.43. The van der Waals surface area contributed by atoms with Crippen LogP contribution in [0.1, 0.15) is 54.5 Å². The molecule has 0 N–H and O–H groups in total. The number of aromatic nitrogens is 2. The number of rotatable bonds is 3. The van der Waals surface area contributed by atoms with Crippen molar-refractivity contribution in [2.75, 3.05) is 0 Å². The Morgan fingerprint density at radius 3 is 2.64 bits per heavy atom. The molecule has 1 aliphatic rings. The summed E-state index contributed by atoms with van der Waals surface area (Å²) >= 11 is 4.31. The fourth-order valence-electron chi connectivity index (χ4n) is 3.24. The Labute approximate surface area is 137 Å². The van der Waals surface area contributed by atoms with Crippen molar-refractivity contribution in [1.82, 2.24) is 9.78 Å². The Morgan fingerprint density at radius 1 is 1.32 bits per heavy atom. The second-order valence-corrected chi connectivity index (χ2v) is 7.51. The minimum atomic E-state index is 0.109. The van der Waals surface area contributed by atoms with Gasteiger partial charge in [0.25, 0.3) is 0 Å². The van der Waals surface area contributed by atoms with Gasteiger partial charge in [0.1, 0.15) is 5.69 Å². The second kappa shape index (κ2) is 5.58. The van der Waals surface area contributed by atoms with Crippen LogP contribution in [-0.2, 0) is 19.4 Å². The SMILES string of the molecule is CC(=O)c1c2c(nn1Cc1ccc(S)cc1)CCC(C)(C)C2. The topological polar surface area (TPSA) is 34.9 Å². The molecule has 0 atom stereocenters. The average Bonchev–Trinajstić information content (AvgIpc) is 2.77. The Kier molecular flexibility index (Phi) is 3.89. The van der Waals surface area contributed by atoms with Crippen molar-refractivity contribution in [3.63, 3.8) is 0 Å². The molecule has 0 unspecified atom stereocenters. The van der Waals surface area contributed by atoms with Crippen LogP contribution in [0.2, 0.25) is 0 Å². The number of hydrogen-bond acceptors (Lipinski definition) is 3. The van der Waals surface area contributed by atoms with E-state index in [2.05, 4.69) is 26.5 Å². The van der Waals surface area contributed by atoms with E-state index in [0.717, 1.165) is 46.7 Å². The lowest BCUT2D eigenvalue weighted by Gasteiger charge is -2.28. The van der Waals surface area contributed by atoms with Gasteiger partial charge in [-0.2, -0.15) is 5.10 Å². The molecule has 1 aliphatic carbocycles. The third-order valence-corrected chi connectivity index (χ3v) is 4.73. The maximum Gasteiger partial charge on any atom is 0.178 e. The number of fused-ring (bicyclic) bond motifs is 1. The molecule has 0 bridgehead atoms. The maximum atomic E-state index is 12.2. The van der Waals surface area contributed by atoms with Crippen LogP contribution in [0.3, 0.4) is 0 Å². The van der Waals surface area contributed by atoms with Gasteiger partial charge in [0.05, 0.1) is 12.2 Å². The van der Waals surface area contributed by atoms with Crippen molar-refractivity contribution in [3.05, 3.63) is 46.8 Å². The van der Waals surface area contributed by atoms with E-state index >= 15 is 0 Å². The summed E-state index contributed by atoms with van der Waals surface area (Å²) in [5, 5.41) is 4.73. The van der Waals surface area contributed by atoms with Gasteiger partial charge in [-0.05, 0) is 42.4 Å². The van der Waals surface area contributed by atoms with E-state index in [1.165, 1.54) is 0 Å². The average molecular weight is 314 g/mol. The molecule has 0 saturated carbocycles. The standard InChI is InChI=1S/C18H22N2OS/c1-12(21)17-15-10-18(2,3)9-8-16(15)19-20(17)11-13-4-6-14(22)7-5-13/h4-7,22H,8-11H2,1-3H3. The van der Waals surface area contributed by atoms with E-state index in [0.29, 0.717) is 6.54 Å². The molecular formula is C18H22N2OS. The van der Waals surface area contributed by atoms with Crippen LogP contribution >= 0.6 is 12.6 Å². The highest BCUT2D eigenvalue weighted by Gasteiger charge is 2.31. The molecule has 3 nitrogen and oxygen atoms in total. The highest BCUT2D eigenvalue weighted by Crippen LogP contribution is 2.36. The Hall–Kier alpha value is -1.55. The molecule has 0 radical (unpaired) electrons. The van der Waals surface area contributed by atoms with Gasteiger partial charge in [0, 0.05) is 17.4 Å². The normalized spacial score (nSPS) is 16.4. The zero-order valence-corrected chi connectivity index (χ0v) is 14.3. The number of ketones is 1. The van der Waals surface area contributed by atoms with Crippen LogP contribution in [0.5, 0.6) is 0 Å². The number of thiol groups is 1. The van der Waals surface area contributed by atoms with Crippen molar-refractivity contribution in [2.24, 2.45) is 5.41 Å². The van der Waals surface area contributed by atoms with Crippen LogP contribution in [0, 0.1) is 5.41 Å². The van der Waals surface area contributed by atoms with Gasteiger partial charge in [-0.1, -0.05) is 26.0 Å². The maximum absolute atomic E-state index is 12.2. The van der Waals surface area contributed by atoms with Crippen LogP contribution in [0.4, 0.5) is 0 Å². The van der Waals surface area contributed by atoms with E-state index in [1.807, 2.05) is 28.9 Å². The summed E-state index contributed by atoms with van der Waals surface area (Å²) in [6.45, 7) is 6.81. The summed E-state index contributed by atoms with van der Waals surface area (Å²) in [5.41, 5.74) is 4.45. The van der Waals surface area contributed by atoms with E-state index in [4.69, 9.17) is 5.10 Å². The first-order valence-corrected chi connectivity index (χ1v) is 8.18. The molecule has 22 heavy (non-hydrogen) atoms. The molecule has 0 spiro atoms. The first-order chi connectivity index (χ1) is 10.4. The molecule has 1 aromatic carbocycles. The van der Waals surface area contributed by atoms with Crippen molar-refractivity contribution in [1.29, 1.82) is 0 Å². The predicted molar refractivity (Wildman–Crippen MR) is 90.8 cm³/mol. The van der Waals surface area contributed by atoms with E-state index in [1.54, 1.807) is 6.92 Å². The summed E-state index contributed by atoms with van der Waals surface area (Å²) in [7, 11) is 0. The molecular weight excluding hydrogens is 292 g/mol. The smallest absolute Gasteiger partial charge is 0.178 e. The number of benzene rings is 1. The predicted octanol–water partition coefficient (Wildman–Crippen LogP) is 3.94. The lowest BCUT2D eigenvalue weighted by Crippen LogP contribution is -2.23. The monoisotopic (exact) mass is 314 g/mol. The fraction of sp³-hybridized carbons (Fsp3) is 0.444. The lowest BCUT2D eigenvalue weighted by molar-refractivity contribution is 0.100. The van der Waals surface area contributed by atoms with Crippen molar-refractivity contribution < 1.29 is 4.79 Å². The van der Waals surface area contributed by atoms with E-state index < -0.39 is 0 Å². The van der Waals surface area contributed by atoms with Crippen molar-refractivity contribution >= 4 is 18.4 Å². The van der Waals surface area contributed by atoms with Crippen LogP contribution in [0.15, 0.2) is 29.2 Å². The summed E-state index contributed by atoms with van der Waals surface area (Å²) in [5.74, 6) is 0.109. The lowest BCUT2D eigenvalue weighted by atomic mass is 9.75. The van der Waals surface area contributed by atoms with Crippen LogP contribution < -0.4 is 0 Å². The largest absolute Gasteiger partial charge is 0.293 e. The molecule has 116 valence electrons. The first-order valence-electron chi connectivity index (χ1n) is 7.73. The molecule has 4 heteroatoms. The minimum absolute atomic E-state index is 0.109. The van der Waals surface area contributed by atoms with Crippen molar-refractivity contribution in [2.45, 2.75) is 51.5 Å². The van der Waals surface area contributed by atoms with Gasteiger partial charge in [0.15, 0.2) is 5.78 Å². The molecule has 0 saturated heterocycles. The molecule has 3 rings (SSSR count). The quantitative estimate of drug-likeness (QED) is 0.688.